The number of nitrogens with two attached hydrogens (primary N) is 1. The van der Waals surface area contributed by atoms with E-state index >= 15 is 0 Å². The highest BCUT2D eigenvalue weighted by Gasteiger charge is 2.27. The molecule has 1 aliphatic rings. The lowest BCUT2D eigenvalue weighted by Gasteiger charge is -2.30. The van der Waals surface area contributed by atoms with Crippen LogP contribution >= 0.6 is 0 Å². The quantitative estimate of drug-likeness (QED) is 0.894. The second-order valence-corrected chi connectivity index (χ2v) is 7.03. The molecule has 1 saturated heterocycles. The van der Waals surface area contributed by atoms with Gasteiger partial charge in [0.1, 0.15) is 0 Å². The second kappa shape index (κ2) is 7.27. The van der Waals surface area contributed by atoms with Crippen LogP contribution in [-0.2, 0) is 0 Å². The molecular formula is C19H26N4O2. The molecule has 6 nitrogen and oxygen atoms in total. The molecule has 0 unspecified atom stereocenters. The van der Waals surface area contributed by atoms with E-state index < -0.39 is 0 Å². The molecule has 0 radical (unpaired) electrons. The molecule has 1 aromatic carbocycles. The van der Waals surface area contributed by atoms with Gasteiger partial charge < -0.3 is 15.7 Å². The van der Waals surface area contributed by atoms with Gasteiger partial charge in [-0.2, -0.15) is 5.10 Å². The number of carbonyl (C=O) groups is 1. The zero-order chi connectivity index (χ0) is 18.0. The van der Waals surface area contributed by atoms with Gasteiger partial charge in [-0.1, -0.05) is 26.0 Å². The summed E-state index contributed by atoms with van der Waals surface area (Å²) in [7, 11) is 0. The van der Waals surface area contributed by atoms with E-state index in [9.17, 15) is 9.90 Å². The van der Waals surface area contributed by atoms with Crippen molar-refractivity contribution in [1.82, 2.24) is 14.7 Å². The standard InChI is InChI=1S/C19H26N4O2/c1-13(2)15-3-5-16(6-4-15)23-12-17(24)18(21-23)19(25)22-9-7-14(11-20)8-10-22/h3-6,12-14,24H,7-11,20H2,1-2H3. The molecule has 134 valence electrons. The summed E-state index contributed by atoms with van der Waals surface area (Å²) in [5, 5.41) is 14.5. The predicted octanol–water partition coefficient (Wildman–Crippen LogP) is 2.51. The third-order valence-electron chi connectivity index (χ3n) is 4.96. The third kappa shape index (κ3) is 3.69. The predicted molar refractivity (Wildman–Crippen MR) is 97.0 cm³/mol. The smallest absolute Gasteiger partial charge is 0.278 e. The van der Waals surface area contributed by atoms with E-state index in [0.717, 1.165) is 18.5 Å². The van der Waals surface area contributed by atoms with Gasteiger partial charge in [0, 0.05) is 13.1 Å². The molecular weight excluding hydrogens is 316 g/mol. The highest BCUT2D eigenvalue weighted by atomic mass is 16.3. The molecule has 0 bridgehead atoms. The Kier molecular flexibility index (Phi) is 5.08. The average Bonchev–Trinajstić information content (AvgIpc) is 3.03. The SMILES string of the molecule is CC(C)c1ccc(-n2cc(O)c(C(=O)N3CCC(CN)CC3)n2)cc1. The van der Waals surface area contributed by atoms with Gasteiger partial charge in [0.25, 0.3) is 5.91 Å². The minimum atomic E-state index is -0.217. The molecule has 1 aliphatic heterocycles. The molecule has 3 rings (SSSR count). The van der Waals surface area contributed by atoms with E-state index in [1.165, 1.54) is 11.8 Å². The van der Waals surface area contributed by atoms with E-state index in [0.29, 0.717) is 31.5 Å². The van der Waals surface area contributed by atoms with Crippen LogP contribution in [0.2, 0.25) is 0 Å². The minimum Gasteiger partial charge on any atom is -0.504 e. The molecule has 1 aromatic heterocycles. The lowest BCUT2D eigenvalue weighted by atomic mass is 9.97. The van der Waals surface area contributed by atoms with Crippen LogP contribution in [-0.4, -0.2) is 45.3 Å². The van der Waals surface area contributed by atoms with Gasteiger partial charge in [0.05, 0.1) is 11.9 Å². The average molecular weight is 342 g/mol. The van der Waals surface area contributed by atoms with Gasteiger partial charge in [0.15, 0.2) is 11.4 Å². The van der Waals surface area contributed by atoms with Crippen molar-refractivity contribution in [3.05, 3.63) is 41.7 Å². The number of likely N-dealkylation sites (tertiary alicyclic amines) is 1. The Balaban J connectivity index is 1.77. The first-order valence-corrected chi connectivity index (χ1v) is 8.88. The van der Waals surface area contributed by atoms with Gasteiger partial charge in [-0.25, -0.2) is 4.68 Å². The zero-order valence-electron chi connectivity index (χ0n) is 14.9. The minimum absolute atomic E-state index is 0.0844. The fourth-order valence-electron chi connectivity index (χ4n) is 3.18. The van der Waals surface area contributed by atoms with Crippen molar-refractivity contribution in [2.75, 3.05) is 19.6 Å². The van der Waals surface area contributed by atoms with Crippen molar-refractivity contribution < 1.29 is 9.90 Å². The van der Waals surface area contributed by atoms with Crippen LogP contribution in [0.4, 0.5) is 0 Å². The summed E-state index contributed by atoms with van der Waals surface area (Å²) >= 11 is 0. The number of rotatable bonds is 4. The van der Waals surface area contributed by atoms with Crippen LogP contribution in [0.25, 0.3) is 5.69 Å². The molecule has 1 amide bonds. The maximum absolute atomic E-state index is 12.7. The van der Waals surface area contributed by atoms with Gasteiger partial charge >= 0.3 is 0 Å². The molecule has 2 heterocycles. The number of hydrogen-bond donors (Lipinski definition) is 2. The second-order valence-electron chi connectivity index (χ2n) is 7.03. The number of aromatic nitrogens is 2. The first-order chi connectivity index (χ1) is 12.0. The maximum Gasteiger partial charge on any atom is 0.278 e. The number of benzene rings is 1. The Morgan fingerprint density at radius 1 is 1.28 bits per heavy atom. The van der Waals surface area contributed by atoms with Crippen LogP contribution in [0.15, 0.2) is 30.5 Å². The first kappa shape index (κ1) is 17.5. The van der Waals surface area contributed by atoms with E-state index in [1.54, 1.807) is 9.58 Å². The largest absolute Gasteiger partial charge is 0.504 e. The van der Waals surface area contributed by atoms with E-state index in [2.05, 4.69) is 18.9 Å². The van der Waals surface area contributed by atoms with E-state index in [1.807, 2.05) is 24.3 Å². The molecule has 0 aliphatic carbocycles. The van der Waals surface area contributed by atoms with Crippen molar-refractivity contribution in [3.8, 4) is 11.4 Å². The molecule has 0 spiro atoms. The monoisotopic (exact) mass is 342 g/mol. The molecule has 1 fully saturated rings. The molecule has 0 saturated carbocycles. The van der Waals surface area contributed by atoms with Crippen molar-refractivity contribution in [1.29, 1.82) is 0 Å². The normalized spacial score (nSPS) is 15.8. The van der Waals surface area contributed by atoms with Gasteiger partial charge in [-0.3, -0.25) is 4.79 Å². The van der Waals surface area contributed by atoms with Crippen LogP contribution in [0.3, 0.4) is 0 Å². The molecule has 2 aromatic rings. The number of amides is 1. The van der Waals surface area contributed by atoms with Gasteiger partial charge in [0.2, 0.25) is 0 Å². The van der Waals surface area contributed by atoms with E-state index in [4.69, 9.17) is 5.73 Å². The molecule has 0 atom stereocenters. The fourth-order valence-corrected chi connectivity index (χ4v) is 3.18. The van der Waals surface area contributed by atoms with E-state index in [-0.39, 0.29) is 17.4 Å². The topological polar surface area (TPSA) is 84.4 Å². The first-order valence-electron chi connectivity index (χ1n) is 8.88. The van der Waals surface area contributed by atoms with Crippen molar-refractivity contribution in [3.63, 3.8) is 0 Å². The summed E-state index contributed by atoms with van der Waals surface area (Å²) in [6.07, 6.45) is 3.30. The number of hydrogen-bond acceptors (Lipinski definition) is 4. The number of carbonyl (C=O) groups excluding carboxylic acids is 1. The van der Waals surface area contributed by atoms with Crippen LogP contribution in [0, 0.1) is 5.92 Å². The van der Waals surface area contributed by atoms with Crippen LogP contribution < -0.4 is 5.73 Å². The lowest BCUT2D eigenvalue weighted by Crippen LogP contribution is -2.40. The van der Waals surface area contributed by atoms with Crippen LogP contribution in [0.5, 0.6) is 5.75 Å². The number of piperidine rings is 1. The summed E-state index contributed by atoms with van der Waals surface area (Å²) < 4.78 is 1.55. The Morgan fingerprint density at radius 2 is 1.92 bits per heavy atom. The Morgan fingerprint density at radius 3 is 2.48 bits per heavy atom. The van der Waals surface area contributed by atoms with Crippen molar-refractivity contribution in [2.24, 2.45) is 11.7 Å². The summed E-state index contributed by atoms with van der Waals surface area (Å²) in [4.78, 5) is 14.4. The summed E-state index contributed by atoms with van der Waals surface area (Å²) in [5.74, 6) is 0.632. The Labute approximate surface area is 148 Å². The Bertz CT molecular complexity index is 728. The highest BCUT2D eigenvalue weighted by Crippen LogP contribution is 2.24. The molecule has 25 heavy (non-hydrogen) atoms. The lowest BCUT2D eigenvalue weighted by molar-refractivity contribution is 0.0684. The van der Waals surface area contributed by atoms with Gasteiger partial charge in [-0.15, -0.1) is 0 Å². The van der Waals surface area contributed by atoms with Crippen molar-refractivity contribution >= 4 is 5.91 Å². The third-order valence-corrected chi connectivity index (χ3v) is 4.96. The fraction of sp³-hybridized carbons (Fsp3) is 0.474. The van der Waals surface area contributed by atoms with Crippen molar-refractivity contribution in [2.45, 2.75) is 32.6 Å². The van der Waals surface area contributed by atoms with Crippen LogP contribution in [0.1, 0.15) is 48.7 Å². The number of nitrogens with zero attached hydrogens (tertiary/aromatic N) is 3. The summed E-state index contributed by atoms with van der Waals surface area (Å²) in [6.45, 7) is 6.26. The summed E-state index contributed by atoms with van der Waals surface area (Å²) in [6, 6.07) is 7.97. The van der Waals surface area contributed by atoms with Gasteiger partial charge in [-0.05, 0) is 48.9 Å². The number of aromatic hydroxyl groups is 1. The maximum atomic E-state index is 12.7. The highest BCUT2D eigenvalue weighted by molar-refractivity contribution is 5.94. The molecule has 6 heteroatoms. The zero-order valence-corrected chi connectivity index (χ0v) is 14.9. The molecule has 3 N–H and O–H groups in total. The summed E-state index contributed by atoms with van der Waals surface area (Å²) in [5.41, 5.74) is 7.86. The Hall–Kier alpha value is -2.34.